The predicted molar refractivity (Wildman–Crippen MR) is 15.1 cm³/mol. The van der Waals surface area contributed by atoms with Gasteiger partial charge in [-0.25, -0.2) is 0 Å². The van der Waals surface area contributed by atoms with E-state index in [0.29, 0.717) is 0 Å². The molecule has 0 fully saturated rings. The Morgan fingerprint density at radius 3 is 1.00 bits per heavy atom. The van der Waals surface area contributed by atoms with Crippen LogP contribution in [0.1, 0.15) is 0 Å². The van der Waals surface area contributed by atoms with Crippen molar-refractivity contribution in [2.75, 3.05) is 0 Å². The number of hydrogen-bond donors (Lipinski definition) is 0. The fourth-order valence-electron chi connectivity index (χ4n) is 0. The summed E-state index contributed by atoms with van der Waals surface area (Å²) in [5.41, 5.74) is 0. The maximum atomic E-state index is 0. The first-order valence-electron chi connectivity index (χ1n) is 0. The Kier molecular flexibility index (Phi) is 212. The average Bonchev–Trinajstić information content (AvgIpc) is 0. The van der Waals surface area contributed by atoms with Gasteiger partial charge >= 0.3 is 0 Å². The predicted octanol–water partition coefficient (Wildman–Crippen LogP) is -1.59. The third-order valence-corrected chi connectivity index (χ3v) is 0. The van der Waals surface area contributed by atoms with Gasteiger partial charge in [-0.15, -0.1) is 0 Å². The van der Waals surface area contributed by atoms with Gasteiger partial charge in [0, 0.05) is 59.0 Å². The van der Waals surface area contributed by atoms with Gasteiger partial charge in [0.25, 0.3) is 0 Å². The van der Waals surface area contributed by atoms with Crippen molar-refractivity contribution < 1.29 is 24.0 Å². The summed E-state index contributed by atoms with van der Waals surface area (Å²) in [6.45, 7) is 0. The molecule has 0 aliphatic rings. The molecule has 0 aliphatic heterocycles. The molecule has 4 heteroatoms. The molecule has 0 bridgehead atoms. The summed E-state index contributed by atoms with van der Waals surface area (Å²) in [5, 5.41) is 0. The molecule has 0 aliphatic carbocycles. The molecule has 18 valence electrons. The van der Waals surface area contributed by atoms with Gasteiger partial charge < -0.3 is 5.48 Å². The van der Waals surface area contributed by atoms with E-state index in [1.54, 1.807) is 0 Å². The summed E-state index contributed by atoms with van der Waals surface area (Å²) < 4.78 is 0. The minimum atomic E-state index is 0. The Labute approximate surface area is 64.0 Å². The first kappa shape index (κ1) is 40.3. The Hall–Kier alpha value is 1.84. The zero-order chi connectivity index (χ0) is 0. The van der Waals surface area contributed by atoms with Gasteiger partial charge in [-0.05, 0) is 0 Å². The molecule has 0 aromatic heterocycles. The molecule has 0 atom stereocenters. The molecule has 0 rings (SSSR count). The summed E-state index contributed by atoms with van der Waals surface area (Å²) in [6, 6.07) is 0. The second kappa shape index (κ2) is 21.1. The maximum absolute atomic E-state index is 0. The van der Waals surface area contributed by atoms with Crippen molar-refractivity contribution in [1.29, 1.82) is 0 Å². The van der Waals surface area contributed by atoms with Crippen LogP contribution in [0.5, 0.6) is 0 Å². The van der Waals surface area contributed by atoms with Gasteiger partial charge in [0.05, 0.1) is 0 Å². The molecule has 0 aromatic rings. The van der Waals surface area contributed by atoms with Crippen molar-refractivity contribution in [2.24, 2.45) is 0 Å². The molecule has 1 nitrogen and oxygen atoms in total. The fourth-order valence-corrected chi connectivity index (χ4v) is 0. The van der Waals surface area contributed by atoms with E-state index in [1.807, 2.05) is 0 Å². The van der Waals surface area contributed by atoms with E-state index in [2.05, 4.69) is 0 Å². The first-order valence-corrected chi connectivity index (χ1v) is 0. The molecule has 4 heavy (non-hydrogen) atoms. The summed E-state index contributed by atoms with van der Waals surface area (Å²) >= 11 is 0. The molecule has 0 amide bonds. The van der Waals surface area contributed by atoms with E-state index >= 15 is 0 Å². The minimum absolute atomic E-state index is 0. The van der Waals surface area contributed by atoms with Crippen LogP contribution in [0.3, 0.4) is 0 Å². The van der Waals surface area contributed by atoms with Gasteiger partial charge in [0.1, 0.15) is 0 Å². The van der Waals surface area contributed by atoms with Crippen LogP contribution in [-0.2, 0) is 18.6 Å². The van der Waals surface area contributed by atoms with Gasteiger partial charge in [0.15, 0.2) is 0 Å². The van der Waals surface area contributed by atoms with Crippen LogP contribution < -0.4 is 0 Å². The topological polar surface area (TPSA) is 31.5 Å². The normalized spacial score (nSPS) is 0. The SMILES string of the molecule is O.[Al].[Mg].[V]. The molecule has 0 unspecified atom stereocenters. The van der Waals surface area contributed by atoms with Crippen LogP contribution in [-0.4, -0.2) is 45.9 Å². The Balaban J connectivity index is 0. The van der Waals surface area contributed by atoms with E-state index in [9.17, 15) is 0 Å². The third-order valence-electron chi connectivity index (χ3n) is 0. The maximum Gasteiger partial charge on any atom is 0 e. The van der Waals surface area contributed by atoms with Gasteiger partial charge in [-0.3, -0.25) is 0 Å². The Morgan fingerprint density at radius 1 is 1.00 bits per heavy atom. The van der Waals surface area contributed by atoms with Crippen molar-refractivity contribution in [3.8, 4) is 0 Å². The zero-order valence-corrected chi connectivity index (χ0v) is 6.20. The average molecular weight is 120 g/mol. The van der Waals surface area contributed by atoms with E-state index < -0.39 is 0 Å². The van der Waals surface area contributed by atoms with Gasteiger partial charge in [-0.2, -0.15) is 0 Å². The van der Waals surface area contributed by atoms with E-state index in [0.717, 1.165) is 0 Å². The van der Waals surface area contributed by atoms with Crippen molar-refractivity contribution in [2.45, 2.75) is 0 Å². The second-order valence-electron chi connectivity index (χ2n) is 0. The smallest absolute Gasteiger partial charge is 0 e. The summed E-state index contributed by atoms with van der Waals surface area (Å²) in [7, 11) is 0. The molecule has 0 heterocycles. The molecule has 0 saturated heterocycles. The zero-order valence-electron chi connectivity index (χ0n) is 2.23. The standard InChI is InChI=1S/Al.Mg.H2O.V/h;;1H2;. The minimum Gasteiger partial charge on any atom is -0.412 e. The largest absolute Gasteiger partial charge is 0.412 e. The molecule has 0 spiro atoms. The van der Waals surface area contributed by atoms with Crippen LogP contribution >= 0.6 is 0 Å². The second-order valence-corrected chi connectivity index (χ2v) is 0. The molecule has 0 saturated carbocycles. The van der Waals surface area contributed by atoms with Crippen molar-refractivity contribution in [3.05, 3.63) is 0 Å². The van der Waals surface area contributed by atoms with Gasteiger partial charge in [0.2, 0.25) is 0 Å². The number of rotatable bonds is 0. The number of hydrogen-bond acceptors (Lipinski definition) is 0. The van der Waals surface area contributed by atoms with E-state index in [-0.39, 0.29) is 64.4 Å². The summed E-state index contributed by atoms with van der Waals surface area (Å²) in [5.74, 6) is 0. The van der Waals surface area contributed by atoms with Crippen molar-refractivity contribution >= 4 is 40.4 Å². The van der Waals surface area contributed by atoms with E-state index in [4.69, 9.17) is 0 Å². The van der Waals surface area contributed by atoms with Crippen LogP contribution in [0.15, 0.2) is 0 Å². The van der Waals surface area contributed by atoms with Crippen LogP contribution in [0.4, 0.5) is 0 Å². The molecule has 0 aromatic carbocycles. The van der Waals surface area contributed by atoms with Crippen LogP contribution in [0.25, 0.3) is 0 Å². The van der Waals surface area contributed by atoms with Crippen LogP contribution in [0.2, 0.25) is 0 Å². The molecular formula is H2AlMgOV. The van der Waals surface area contributed by atoms with E-state index in [1.165, 1.54) is 0 Å². The Bertz CT molecular complexity index is 8.00. The molecular weight excluding hydrogens is 118 g/mol. The first-order chi connectivity index (χ1) is 0. The van der Waals surface area contributed by atoms with Gasteiger partial charge in [-0.1, -0.05) is 0 Å². The quantitative estimate of drug-likeness (QED) is 0.345. The monoisotopic (exact) mass is 120 g/mol. The summed E-state index contributed by atoms with van der Waals surface area (Å²) in [4.78, 5) is 0. The third kappa shape index (κ3) is 9.14. The molecule has 6 radical (unpaired) electrons. The summed E-state index contributed by atoms with van der Waals surface area (Å²) in [6.07, 6.45) is 0. The van der Waals surface area contributed by atoms with Crippen LogP contribution in [0, 0.1) is 0 Å². The molecule has 2 N–H and O–H groups in total. The van der Waals surface area contributed by atoms with Crippen molar-refractivity contribution in [3.63, 3.8) is 0 Å². The Morgan fingerprint density at radius 2 is 1.00 bits per heavy atom. The fraction of sp³-hybridized carbons (Fsp3) is 0. The van der Waals surface area contributed by atoms with Crippen molar-refractivity contribution in [1.82, 2.24) is 0 Å².